The number of aliphatic hydroxyl groups is 1. The van der Waals surface area contributed by atoms with Crippen LogP contribution in [0.15, 0.2) is 0 Å². The highest BCUT2D eigenvalue weighted by atomic mass is 16.6. The zero-order chi connectivity index (χ0) is 22.1. The third-order valence-electron chi connectivity index (χ3n) is 6.94. The Morgan fingerprint density at radius 2 is 2.07 bits per heavy atom. The van der Waals surface area contributed by atoms with E-state index in [9.17, 15) is 19.5 Å². The summed E-state index contributed by atoms with van der Waals surface area (Å²) >= 11 is 0. The number of unbranched alkanes of at least 4 members (excludes halogenated alkanes) is 2. The highest BCUT2D eigenvalue weighted by molar-refractivity contribution is 5.98. The summed E-state index contributed by atoms with van der Waals surface area (Å²) in [6.07, 6.45) is 3.68. The Hall–Kier alpha value is -1.67. The van der Waals surface area contributed by atoms with Gasteiger partial charge < -0.3 is 24.8 Å². The maximum absolute atomic E-state index is 13.6. The quantitative estimate of drug-likeness (QED) is 0.404. The molecule has 3 saturated heterocycles. The first-order valence-corrected chi connectivity index (χ1v) is 11.4. The molecule has 3 rings (SSSR count). The van der Waals surface area contributed by atoms with E-state index in [0.717, 1.165) is 19.3 Å². The molecule has 0 saturated carbocycles. The highest BCUT2D eigenvalue weighted by Gasteiger charge is 2.75. The Morgan fingerprint density at radius 1 is 1.33 bits per heavy atom. The molecule has 0 aromatic rings. The minimum Gasteiger partial charge on any atom is -0.466 e. The number of rotatable bonds is 10. The lowest BCUT2D eigenvalue weighted by Gasteiger charge is -2.38. The Kier molecular flexibility index (Phi) is 7.07. The molecule has 8 heteroatoms. The largest absolute Gasteiger partial charge is 0.466 e. The van der Waals surface area contributed by atoms with E-state index < -0.39 is 41.6 Å². The Morgan fingerprint density at radius 3 is 2.67 bits per heavy atom. The third-order valence-corrected chi connectivity index (χ3v) is 6.94. The highest BCUT2D eigenvalue weighted by Crippen LogP contribution is 2.59. The fourth-order valence-electron chi connectivity index (χ4n) is 5.56. The molecule has 0 aromatic carbocycles. The van der Waals surface area contributed by atoms with Crippen molar-refractivity contribution >= 4 is 17.8 Å². The number of likely N-dealkylation sites (tertiary alicyclic amines) is 1. The normalized spacial score (nSPS) is 33.1. The Balaban J connectivity index is 1.95. The number of carbonyl (C=O) groups excluding carboxylic acids is 3. The standard InChI is InChI=1S/C22H36N2O6/c1-5-7-8-11-23-19(26)18-22-10-9-15(30-22)16(21(28)29-6-2)17(22)20(27)24(18)14(12-25)13(3)4/h13-18,25H,5-12H2,1-4H3,(H,23,26)/t14-,15-,16+,17+,18-,22+/m0/s1. The fraction of sp³-hybridized carbons (Fsp3) is 0.864. The van der Waals surface area contributed by atoms with Gasteiger partial charge in [0.2, 0.25) is 11.8 Å². The van der Waals surface area contributed by atoms with Gasteiger partial charge in [-0.1, -0.05) is 33.6 Å². The number of amides is 2. The second-order valence-corrected chi connectivity index (χ2v) is 9.05. The molecule has 8 nitrogen and oxygen atoms in total. The maximum atomic E-state index is 13.6. The topological polar surface area (TPSA) is 105 Å². The summed E-state index contributed by atoms with van der Waals surface area (Å²) in [5.41, 5.74) is -1.03. The molecule has 6 atom stereocenters. The van der Waals surface area contributed by atoms with Crippen molar-refractivity contribution in [3.63, 3.8) is 0 Å². The van der Waals surface area contributed by atoms with Crippen molar-refractivity contribution in [2.75, 3.05) is 19.8 Å². The van der Waals surface area contributed by atoms with E-state index in [-0.39, 0.29) is 30.9 Å². The molecule has 0 aliphatic carbocycles. The van der Waals surface area contributed by atoms with Gasteiger partial charge in [0.05, 0.1) is 37.2 Å². The van der Waals surface area contributed by atoms with E-state index in [1.807, 2.05) is 13.8 Å². The monoisotopic (exact) mass is 424 g/mol. The molecule has 3 aliphatic rings. The summed E-state index contributed by atoms with van der Waals surface area (Å²) in [5, 5.41) is 13.0. The number of fused-ring (bicyclic) bond motifs is 1. The van der Waals surface area contributed by atoms with E-state index in [0.29, 0.717) is 19.4 Å². The summed E-state index contributed by atoms with van der Waals surface area (Å²) in [5.74, 6) is -2.46. The predicted octanol–water partition coefficient (Wildman–Crippen LogP) is 1.25. The third kappa shape index (κ3) is 3.62. The molecular formula is C22H36N2O6. The van der Waals surface area contributed by atoms with Crippen LogP contribution < -0.4 is 5.32 Å². The number of hydrogen-bond donors (Lipinski definition) is 2. The molecular weight excluding hydrogens is 388 g/mol. The smallest absolute Gasteiger partial charge is 0.312 e. The molecule has 0 aromatic heterocycles. The van der Waals surface area contributed by atoms with Crippen LogP contribution in [0.2, 0.25) is 0 Å². The number of carbonyl (C=O) groups is 3. The van der Waals surface area contributed by atoms with Crippen LogP contribution in [0.5, 0.6) is 0 Å². The van der Waals surface area contributed by atoms with Gasteiger partial charge in [-0.15, -0.1) is 0 Å². The summed E-state index contributed by atoms with van der Waals surface area (Å²) in [7, 11) is 0. The lowest BCUT2D eigenvalue weighted by molar-refractivity contribution is -0.155. The second-order valence-electron chi connectivity index (χ2n) is 9.05. The van der Waals surface area contributed by atoms with Crippen LogP contribution in [0.4, 0.5) is 0 Å². The van der Waals surface area contributed by atoms with Crippen molar-refractivity contribution in [1.82, 2.24) is 10.2 Å². The minimum atomic E-state index is -1.03. The van der Waals surface area contributed by atoms with E-state index in [4.69, 9.17) is 9.47 Å². The van der Waals surface area contributed by atoms with Crippen LogP contribution in [0.1, 0.15) is 59.8 Å². The zero-order valence-electron chi connectivity index (χ0n) is 18.6. The number of nitrogens with zero attached hydrogens (tertiary/aromatic N) is 1. The summed E-state index contributed by atoms with van der Waals surface area (Å²) in [4.78, 5) is 41.2. The summed E-state index contributed by atoms with van der Waals surface area (Å²) in [6, 6.07) is -1.37. The average Bonchev–Trinajstić information content (AvgIpc) is 3.34. The van der Waals surface area contributed by atoms with Crippen LogP contribution in [0, 0.1) is 17.8 Å². The average molecular weight is 425 g/mol. The van der Waals surface area contributed by atoms with Crippen LogP contribution in [0.3, 0.4) is 0 Å². The molecule has 2 bridgehead atoms. The Bertz CT molecular complexity index is 668. The van der Waals surface area contributed by atoms with Gasteiger partial charge in [0.15, 0.2) is 0 Å². The molecule has 0 radical (unpaired) electrons. The lowest BCUT2D eigenvalue weighted by Crippen LogP contribution is -2.59. The number of aliphatic hydroxyl groups excluding tert-OH is 1. The second kappa shape index (κ2) is 9.22. The van der Waals surface area contributed by atoms with Crippen molar-refractivity contribution in [2.45, 2.75) is 83.6 Å². The molecule has 1 spiro atoms. The van der Waals surface area contributed by atoms with Gasteiger partial charge in [0.1, 0.15) is 11.6 Å². The van der Waals surface area contributed by atoms with Crippen LogP contribution in [0.25, 0.3) is 0 Å². The van der Waals surface area contributed by atoms with Crippen molar-refractivity contribution < 1.29 is 29.0 Å². The first-order chi connectivity index (χ1) is 14.3. The van der Waals surface area contributed by atoms with E-state index >= 15 is 0 Å². The van der Waals surface area contributed by atoms with Gasteiger partial charge in [0, 0.05) is 6.54 Å². The lowest BCUT2D eigenvalue weighted by atomic mass is 9.71. The van der Waals surface area contributed by atoms with Gasteiger partial charge in [-0.05, 0) is 32.1 Å². The van der Waals surface area contributed by atoms with Crippen LogP contribution in [-0.2, 0) is 23.9 Å². The van der Waals surface area contributed by atoms with Crippen LogP contribution in [-0.4, -0.2) is 71.3 Å². The van der Waals surface area contributed by atoms with Crippen molar-refractivity contribution in [3.8, 4) is 0 Å². The SMILES string of the molecule is CCCCCNC(=O)[C@@H]1N([C@@H](CO)C(C)C)C(=O)[C@H]2[C@H](C(=O)OCC)[C@@H]3CC[C@]12O3. The van der Waals surface area contributed by atoms with Gasteiger partial charge in [-0.25, -0.2) is 0 Å². The van der Waals surface area contributed by atoms with Crippen molar-refractivity contribution in [2.24, 2.45) is 17.8 Å². The summed E-state index contributed by atoms with van der Waals surface area (Å²) < 4.78 is 11.5. The minimum absolute atomic E-state index is 0.0530. The maximum Gasteiger partial charge on any atom is 0.312 e. The van der Waals surface area contributed by atoms with Gasteiger partial charge >= 0.3 is 5.97 Å². The van der Waals surface area contributed by atoms with Crippen molar-refractivity contribution in [1.29, 1.82) is 0 Å². The first kappa shape index (κ1) is 23.0. The molecule has 0 unspecified atom stereocenters. The molecule has 2 amide bonds. The van der Waals surface area contributed by atoms with Crippen LogP contribution >= 0.6 is 0 Å². The van der Waals surface area contributed by atoms with E-state index in [1.54, 1.807) is 6.92 Å². The zero-order valence-corrected chi connectivity index (χ0v) is 18.6. The molecule has 30 heavy (non-hydrogen) atoms. The number of ether oxygens (including phenoxy) is 2. The first-order valence-electron chi connectivity index (χ1n) is 11.4. The van der Waals surface area contributed by atoms with E-state index in [1.165, 1.54) is 4.90 Å². The molecule has 3 aliphatic heterocycles. The van der Waals surface area contributed by atoms with Gasteiger partial charge in [-0.3, -0.25) is 14.4 Å². The molecule has 170 valence electrons. The summed E-state index contributed by atoms with van der Waals surface area (Å²) in [6.45, 7) is 8.16. The molecule has 3 heterocycles. The van der Waals surface area contributed by atoms with Crippen molar-refractivity contribution in [3.05, 3.63) is 0 Å². The molecule has 2 N–H and O–H groups in total. The van der Waals surface area contributed by atoms with Gasteiger partial charge in [-0.2, -0.15) is 0 Å². The number of esters is 1. The number of nitrogens with one attached hydrogen (secondary N) is 1. The predicted molar refractivity (Wildman–Crippen MR) is 109 cm³/mol. The molecule has 3 fully saturated rings. The Labute approximate surface area is 178 Å². The fourth-order valence-corrected chi connectivity index (χ4v) is 5.56. The van der Waals surface area contributed by atoms with Gasteiger partial charge in [0.25, 0.3) is 0 Å². The van der Waals surface area contributed by atoms with E-state index in [2.05, 4.69) is 12.2 Å². The number of hydrogen-bond acceptors (Lipinski definition) is 6.